The molecule has 6 heteroatoms. The minimum Gasteiger partial charge on any atom is -0.332 e. The lowest BCUT2D eigenvalue weighted by Crippen LogP contribution is -2.54. The number of nitrogens with zero attached hydrogens (tertiary/aromatic N) is 3. The summed E-state index contributed by atoms with van der Waals surface area (Å²) in [7, 11) is 1.63. The van der Waals surface area contributed by atoms with E-state index >= 15 is 0 Å². The SMILES string of the molecule is C=CC(=O)N(CC)CC(=O)N(C)C1CCCN(c2ccccc2)C1=O. The largest absolute Gasteiger partial charge is 0.332 e. The average Bonchev–Trinajstić information content (AvgIpc) is 2.65. The summed E-state index contributed by atoms with van der Waals surface area (Å²) in [6, 6.07) is 8.97. The fraction of sp³-hybridized carbons (Fsp3) is 0.421. The minimum atomic E-state index is -0.501. The lowest BCUT2D eigenvalue weighted by atomic mass is 10.0. The topological polar surface area (TPSA) is 60.9 Å². The van der Waals surface area contributed by atoms with E-state index in [0.29, 0.717) is 19.5 Å². The lowest BCUT2D eigenvalue weighted by molar-refractivity contribution is -0.142. The number of carbonyl (C=O) groups excluding carboxylic acids is 3. The molecule has 0 aliphatic carbocycles. The van der Waals surface area contributed by atoms with Gasteiger partial charge in [-0.05, 0) is 38.0 Å². The zero-order chi connectivity index (χ0) is 18.4. The molecule has 1 heterocycles. The Bertz CT molecular complexity index is 645. The van der Waals surface area contributed by atoms with E-state index in [-0.39, 0.29) is 24.3 Å². The van der Waals surface area contributed by atoms with Gasteiger partial charge in [0.05, 0.1) is 0 Å². The smallest absolute Gasteiger partial charge is 0.249 e. The maximum atomic E-state index is 12.9. The van der Waals surface area contributed by atoms with Crippen LogP contribution in [0.4, 0.5) is 5.69 Å². The van der Waals surface area contributed by atoms with Crippen molar-refractivity contribution in [3.8, 4) is 0 Å². The molecule has 1 saturated heterocycles. The van der Waals surface area contributed by atoms with Gasteiger partial charge in [0.1, 0.15) is 12.6 Å². The van der Waals surface area contributed by atoms with E-state index in [4.69, 9.17) is 0 Å². The predicted molar refractivity (Wildman–Crippen MR) is 97.0 cm³/mol. The van der Waals surface area contributed by atoms with Crippen molar-refractivity contribution in [2.75, 3.05) is 31.6 Å². The van der Waals surface area contributed by atoms with Crippen molar-refractivity contribution in [1.29, 1.82) is 0 Å². The normalized spacial score (nSPS) is 17.1. The van der Waals surface area contributed by atoms with Gasteiger partial charge in [0.15, 0.2) is 0 Å². The molecule has 3 amide bonds. The Kier molecular flexibility index (Phi) is 6.33. The summed E-state index contributed by atoms with van der Waals surface area (Å²) in [5, 5.41) is 0. The highest BCUT2D eigenvalue weighted by Crippen LogP contribution is 2.23. The predicted octanol–water partition coefficient (Wildman–Crippen LogP) is 1.67. The summed E-state index contributed by atoms with van der Waals surface area (Å²) in [6.45, 7) is 6.27. The van der Waals surface area contributed by atoms with Crippen LogP contribution in [0.3, 0.4) is 0 Å². The van der Waals surface area contributed by atoms with E-state index in [0.717, 1.165) is 12.1 Å². The molecule has 0 N–H and O–H groups in total. The van der Waals surface area contributed by atoms with Crippen LogP contribution in [0, 0.1) is 0 Å². The van der Waals surface area contributed by atoms with Gasteiger partial charge >= 0.3 is 0 Å². The van der Waals surface area contributed by atoms with E-state index in [9.17, 15) is 14.4 Å². The standard InChI is InChI=1S/C19H25N3O3/c1-4-17(23)21(5-2)14-18(24)20(3)16-12-9-13-22(19(16)25)15-10-7-6-8-11-15/h4,6-8,10-11,16H,1,5,9,12-14H2,2-3H3. The first kappa shape index (κ1) is 18.7. The highest BCUT2D eigenvalue weighted by Gasteiger charge is 2.34. The number of amides is 3. The summed E-state index contributed by atoms with van der Waals surface area (Å²) < 4.78 is 0. The van der Waals surface area contributed by atoms with E-state index in [1.165, 1.54) is 15.9 Å². The Morgan fingerprint density at radius 3 is 2.60 bits per heavy atom. The number of benzene rings is 1. The second kappa shape index (κ2) is 8.46. The molecule has 0 saturated carbocycles. The van der Waals surface area contributed by atoms with E-state index in [1.807, 2.05) is 30.3 Å². The van der Waals surface area contributed by atoms with E-state index in [1.54, 1.807) is 18.9 Å². The molecule has 0 radical (unpaired) electrons. The second-order valence-corrected chi connectivity index (χ2v) is 6.04. The van der Waals surface area contributed by atoms with Crippen LogP contribution >= 0.6 is 0 Å². The molecule has 1 aliphatic heterocycles. The number of anilines is 1. The molecule has 1 unspecified atom stereocenters. The Labute approximate surface area is 148 Å². The van der Waals surface area contributed by atoms with Gasteiger partial charge in [-0.25, -0.2) is 0 Å². The van der Waals surface area contributed by atoms with Gasteiger partial charge in [-0.2, -0.15) is 0 Å². The van der Waals surface area contributed by atoms with Gasteiger partial charge in [-0.3, -0.25) is 14.4 Å². The Morgan fingerprint density at radius 1 is 1.32 bits per heavy atom. The molecule has 0 bridgehead atoms. The quantitative estimate of drug-likeness (QED) is 0.738. The minimum absolute atomic E-state index is 0.0486. The molecule has 2 rings (SSSR count). The summed E-state index contributed by atoms with van der Waals surface area (Å²) in [5.74, 6) is -0.609. The molecular formula is C19H25N3O3. The van der Waals surface area contributed by atoms with Gasteiger partial charge in [0.2, 0.25) is 17.7 Å². The number of piperidine rings is 1. The number of para-hydroxylation sites is 1. The van der Waals surface area contributed by atoms with Crippen molar-refractivity contribution in [3.63, 3.8) is 0 Å². The van der Waals surface area contributed by atoms with Crippen LogP contribution in [0.5, 0.6) is 0 Å². The number of hydrogen-bond acceptors (Lipinski definition) is 3. The average molecular weight is 343 g/mol. The van der Waals surface area contributed by atoms with E-state index < -0.39 is 6.04 Å². The molecule has 1 aromatic carbocycles. The highest BCUT2D eigenvalue weighted by molar-refractivity contribution is 6.00. The molecule has 134 valence electrons. The highest BCUT2D eigenvalue weighted by atomic mass is 16.2. The van der Waals surface area contributed by atoms with E-state index in [2.05, 4.69) is 6.58 Å². The molecule has 25 heavy (non-hydrogen) atoms. The molecule has 6 nitrogen and oxygen atoms in total. The number of hydrogen-bond donors (Lipinski definition) is 0. The van der Waals surface area contributed by atoms with Crippen LogP contribution in [0.1, 0.15) is 19.8 Å². The van der Waals surface area contributed by atoms with Crippen molar-refractivity contribution in [2.45, 2.75) is 25.8 Å². The Hall–Kier alpha value is -2.63. The van der Waals surface area contributed by atoms with Gasteiger partial charge in [0.25, 0.3) is 0 Å². The third-order valence-corrected chi connectivity index (χ3v) is 4.53. The van der Waals surface area contributed by atoms with Gasteiger partial charge < -0.3 is 14.7 Å². The zero-order valence-corrected chi connectivity index (χ0v) is 14.9. The molecule has 0 aromatic heterocycles. The first-order valence-electron chi connectivity index (χ1n) is 8.53. The molecule has 1 fully saturated rings. The van der Waals surface area contributed by atoms with Crippen LogP contribution in [0.15, 0.2) is 43.0 Å². The molecule has 1 aromatic rings. The number of carbonyl (C=O) groups is 3. The third-order valence-electron chi connectivity index (χ3n) is 4.53. The van der Waals surface area contributed by atoms with Gasteiger partial charge in [0, 0.05) is 25.8 Å². The van der Waals surface area contributed by atoms with Crippen LogP contribution in [-0.2, 0) is 14.4 Å². The Morgan fingerprint density at radius 2 is 2.00 bits per heavy atom. The van der Waals surface area contributed by atoms with Gasteiger partial charge in [-0.1, -0.05) is 24.8 Å². The zero-order valence-electron chi connectivity index (χ0n) is 14.9. The fourth-order valence-corrected chi connectivity index (χ4v) is 3.00. The maximum absolute atomic E-state index is 12.9. The van der Waals surface area contributed by atoms with Crippen LogP contribution < -0.4 is 4.90 Å². The van der Waals surface area contributed by atoms with Crippen molar-refractivity contribution in [3.05, 3.63) is 43.0 Å². The van der Waals surface area contributed by atoms with Crippen molar-refractivity contribution in [2.24, 2.45) is 0 Å². The number of rotatable bonds is 6. The first-order chi connectivity index (χ1) is 12.0. The Balaban J connectivity index is 2.08. The molecule has 1 atom stereocenters. The third kappa shape index (κ3) is 4.26. The van der Waals surface area contributed by atoms with Crippen LogP contribution in [-0.4, -0.2) is 60.2 Å². The monoisotopic (exact) mass is 343 g/mol. The fourth-order valence-electron chi connectivity index (χ4n) is 3.00. The summed E-state index contributed by atoms with van der Waals surface area (Å²) >= 11 is 0. The lowest BCUT2D eigenvalue weighted by Gasteiger charge is -2.37. The van der Waals surface area contributed by atoms with Crippen molar-refractivity contribution < 1.29 is 14.4 Å². The molecular weight excluding hydrogens is 318 g/mol. The summed E-state index contributed by atoms with van der Waals surface area (Å²) in [4.78, 5) is 41.7. The second-order valence-electron chi connectivity index (χ2n) is 6.04. The summed E-state index contributed by atoms with van der Waals surface area (Å²) in [5.41, 5.74) is 0.843. The molecule has 0 spiro atoms. The van der Waals surface area contributed by atoms with Gasteiger partial charge in [-0.15, -0.1) is 0 Å². The van der Waals surface area contributed by atoms with Crippen molar-refractivity contribution in [1.82, 2.24) is 9.80 Å². The summed E-state index contributed by atoms with van der Waals surface area (Å²) in [6.07, 6.45) is 2.65. The van der Waals surface area contributed by atoms with Crippen molar-refractivity contribution >= 4 is 23.4 Å². The maximum Gasteiger partial charge on any atom is 0.249 e. The molecule has 1 aliphatic rings. The first-order valence-corrected chi connectivity index (χ1v) is 8.53. The van der Waals surface area contributed by atoms with Crippen LogP contribution in [0.25, 0.3) is 0 Å². The van der Waals surface area contributed by atoms with Crippen LogP contribution in [0.2, 0.25) is 0 Å². The number of likely N-dealkylation sites (N-methyl/N-ethyl adjacent to an activating group) is 2.